The number of fused-ring (bicyclic) bond motifs is 1. The number of para-hydroxylation sites is 1. The molecule has 36 heavy (non-hydrogen) atoms. The number of hydrogen-bond acceptors (Lipinski definition) is 7. The van der Waals surface area contributed by atoms with E-state index in [1.165, 1.54) is 4.52 Å². The Balaban J connectivity index is 1.42. The van der Waals surface area contributed by atoms with E-state index in [2.05, 4.69) is 10.1 Å². The molecule has 2 aromatic heterocycles. The molecule has 0 radical (unpaired) electrons. The van der Waals surface area contributed by atoms with Crippen molar-refractivity contribution in [1.29, 1.82) is 0 Å². The summed E-state index contributed by atoms with van der Waals surface area (Å²) in [5.74, 6) is 2.16. The van der Waals surface area contributed by atoms with Gasteiger partial charge in [-0.15, -0.1) is 0 Å². The Morgan fingerprint density at radius 2 is 1.69 bits per heavy atom. The van der Waals surface area contributed by atoms with Crippen molar-refractivity contribution in [2.75, 3.05) is 6.61 Å². The number of hydrogen-bond donors (Lipinski definition) is 0. The van der Waals surface area contributed by atoms with E-state index in [1.54, 1.807) is 6.08 Å². The normalized spacial score (nSPS) is 11.6. The molecule has 0 spiro atoms. The van der Waals surface area contributed by atoms with Gasteiger partial charge in [-0.05, 0) is 60.0 Å². The third-order valence-corrected chi connectivity index (χ3v) is 6.31. The minimum absolute atomic E-state index is 0.217. The van der Waals surface area contributed by atoms with Crippen LogP contribution in [0.2, 0.25) is 0 Å². The first-order valence-electron chi connectivity index (χ1n) is 11.6. The van der Waals surface area contributed by atoms with Crippen LogP contribution in [0, 0.1) is 0 Å². The summed E-state index contributed by atoms with van der Waals surface area (Å²) in [5.41, 5.74) is 1.14. The molecule has 0 aliphatic rings. The highest BCUT2D eigenvalue weighted by atomic mass is 32.1. The molecule has 0 aliphatic carbocycles. The van der Waals surface area contributed by atoms with Gasteiger partial charge < -0.3 is 9.47 Å². The van der Waals surface area contributed by atoms with Crippen molar-refractivity contribution in [3.63, 3.8) is 0 Å². The lowest BCUT2D eigenvalue weighted by atomic mass is 10.1. The Hall–Kier alpha value is -4.30. The van der Waals surface area contributed by atoms with E-state index in [1.807, 2.05) is 85.8 Å². The van der Waals surface area contributed by atoms with Gasteiger partial charge in [0.15, 0.2) is 0 Å². The van der Waals surface area contributed by atoms with Crippen molar-refractivity contribution in [3.8, 4) is 17.2 Å². The van der Waals surface area contributed by atoms with Crippen LogP contribution in [0.15, 0.2) is 88.5 Å². The third kappa shape index (κ3) is 5.34. The average molecular weight is 498 g/mol. The number of rotatable bonds is 8. The standard InChI is InChI=1S/C28H23N3O4S/c1-2-15-34-21-13-11-19(12-14-21)17-24-26(32)29-28-31(30-24)27(33)25(36-28)18-20-7-6-10-23(16-20)35-22-8-4-3-5-9-22/h3-14,16,18H,2,15,17H2,1H3/b25-18-. The van der Waals surface area contributed by atoms with Crippen molar-refractivity contribution < 1.29 is 9.47 Å². The molecule has 5 aromatic rings. The maximum Gasteiger partial charge on any atom is 0.296 e. The van der Waals surface area contributed by atoms with Crippen molar-refractivity contribution in [1.82, 2.24) is 14.6 Å². The first-order valence-corrected chi connectivity index (χ1v) is 12.4. The molecule has 5 rings (SSSR count). The molecular weight excluding hydrogens is 474 g/mol. The second-order valence-electron chi connectivity index (χ2n) is 8.13. The van der Waals surface area contributed by atoms with Crippen molar-refractivity contribution in [3.05, 3.63) is 121 Å². The maximum atomic E-state index is 13.1. The minimum Gasteiger partial charge on any atom is -0.494 e. The van der Waals surface area contributed by atoms with Gasteiger partial charge in [0.2, 0.25) is 4.96 Å². The quantitative estimate of drug-likeness (QED) is 0.319. The highest BCUT2D eigenvalue weighted by Gasteiger charge is 2.12. The lowest BCUT2D eigenvalue weighted by Gasteiger charge is -2.05. The second kappa shape index (κ2) is 10.5. The fraction of sp³-hybridized carbons (Fsp3) is 0.143. The molecular formula is C28H23N3O4S. The molecule has 0 fully saturated rings. The summed E-state index contributed by atoms with van der Waals surface area (Å²) < 4.78 is 13.1. The van der Waals surface area contributed by atoms with Gasteiger partial charge in [-0.25, -0.2) is 0 Å². The Labute approximate surface area is 210 Å². The fourth-order valence-corrected chi connectivity index (χ4v) is 4.52. The Bertz CT molecular complexity index is 1660. The van der Waals surface area contributed by atoms with Crippen molar-refractivity contribution in [2.24, 2.45) is 0 Å². The molecule has 0 saturated heterocycles. The molecule has 3 aromatic carbocycles. The topological polar surface area (TPSA) is 82.8 Å². The van der Waals surface area contributed by atoms with E-state index in [0.29, 0.717) is 16.9 Å². The first-order chi connectivity index (χ1) is 17.6. The minimum atomic E-state index is -0.438. The SMILES string of the molecule is CCCOc1ccc(Cc2nn3c(=O)/c(=C/c4cccc(Oc5ccccc5)c4)sc3nc2=O)cc1. The Morgan fingerprint density at radius 1 is 0.917 bits per heavy atom. The van der Waals surface area contributed by atoms with E-state index >= 15 is 0 Å². The van der Waals surface area contributed by atoms with E-state index in [0.717, 1.165) is 40.4 Å². The molecule has 0 bridgehead atoms. The van der Waals surface area contributed by atoms with Gasteiger partial charge in [-0.2, -0.15) is 14.6 Å². The molecule has 0 atom stereocenters. The van der Waals surface area contributed by atoms with E-state index in [9.17, 15) is 9.59 Å². The van der Waals surface area contributed by atoms with Crippen LogP contribution in [-0.2, 0) is 6.42 Å². The highest BCUT2D eigenvalue weighted by molar-refractivity contribution is 7.15. The first kappa shape index (κ1) is 23.4. The van der Waals surface area contributed by atoms with Crippen LogP contribution < -0.4 is 25.1 Å². The molecule has 0 aliphatic heterocycles. The summed E-state index contributed by atoms with van der Waals surface area (Å²) in [7, 11) is 0. The summed E-state index contributed by atoms with van der Waals surface area (Å²) in [6.45, 7) is 2.70. The summed E-state index contributed by atoms with van der Waals surface area (Å²) in [6, 6.07) is 24.4. The van der Waals surface area contributed by atoms with Gasteiger partial charge in [0, 0.05) is 6.42 Å². The molecule has 180 valence electrons. The molecule has 0 unspecified atom stereocenters. The third-order valence-electron chi connectivity index (χ3n) is 5.35. The highest BCUT2D eigenvalue weighted by Crippen LogP contribution is 2.22. The predicted molar refractivity (Wildman–Crippen MR) is 140 cm³/mol. The van der Waals surface area contributed by atoms with Gasteiger partial charge in [-0.1, -0.05) is 60.7 Å². The number of aromatic nitrogens is 3. The van der Waals surface area contributed by atoms with Crippen LogP contribution in [0.1, 0.15) is 30.2 Å². The van der Waals surface area contributed by atoms with E-state index in [-0.39, 0.29) is 22.6 Å². The number of thiazole rings is 1. The number of nitrogens with zero attached hydrogens (tertiary/aromatic N) is 3. The van der Waals surface area contributed by atoms with Gasteiger partial charge in [-0.3, -0.25) is 9.59 Å². The monoisotopic (exact) mass is 497 g/mol. The van der Waals surface area contributed by atoms with Crippen LogP contribution in [0.3, 0.4) is 0 Å². The van der Waals surface area contributed by atoms with Crippen LogP contribution in [0.25, 0.3) is 11.0 Å². The molecule has 7 nitrogen and oxygen atoms in total. The summed E-state index contributed by atoms with van der Waals surface area (Å²) >= 11 is 1.13. The van der Waals surface area contributed by atoms with Crippen LogP contribution in [-0.4, -0.2) is 21.2 Å². The lowest BCUT2D eigenvalue weighted by molar-refractivity contribution is 0.317. The smallest absolute Gasteiger partial charge is 0.296 e. The molecule has 2 heterocycles. The molecule has 0 N–H and O–H groups in total. The summed E-state index contributed by atoms with van der Waals surface area (Å²) in [4.78, 5) is 30.1. The largest absolute Gasteiger partial charge is 0.494 e. The zero-order chi connectivity index (χ0) is 24.9. The van der Waals surface area contributed by atoms with Crippen LogP contribution in [0.5, 0.6) is 17.2 Å². The zero-order valence-electron chi connectivity index (χ0n) is 19.6. The van der Waals surface area contributed by atoms with Gasteiger partial charge in [0.1, 0.15) is 22.9 Å². The Morgan fingerprint density at radius 3 is 2.47 bits per heavy atom. The van der Waals surface area contributed by atoms with E-state index < -0.39 is 5.56 Å². The molecule has 8 heteroatoms. The van der Waals surface area contributed by atoms with Gasteiger partial charge in [0.05, 0.1) is 11.1 Å². The zero-order valence-corrected chi connectivity index (χ0v) is 20.4. The van der Waals surface area contributed by atoms with Crippen LogP contribution in [0.4, 0.5) is 0 Å². The average Bonchev–Trinajstić information content (AvgIpc) is 3.18. The van der Waals surface area contributed by atoms with E-state index in [4.69, 9.17) is 9.47 Å². The Kier molecular flexibility index (Phi) is 6.86. The molecule has 0 amide bonds. The number of ether oxygens (including phenoxy) is 2. The van der Waals surface area contributed by atoms with Gasteiger partial charge in [0.25, 0.3) is 11.1 Å². The summed E-state index contributed by atoms with van der Waals surface area (Å²) in [6.07, 6.45) is 2.95. The second-order valence-corrected chi connectivity index (χ2v) is 9.14. The van der Waals surface area contributed by atoms with Crippen LogP contribution >= 0.6 is 11.3 Å². The molecule has 0 saturated carbocycles. The van der Waals surface area contributed by atoms with Crippen molar-refractivity contribution in [2.45, 2.75) is 19.8 Å². The number of benzene rings is 3. The van der Waals surface area contributed by atoms with Gasteiger partial charge >= 0.3 is 0 Å². The lowest BCUT2D eigenvalue weighted by Crippen LogP contribution is -2.28. The maximum absolute atomic E-state index is 13.1. The predicted octanol–water partition coefficient (Wildman–Crippen LogP) is 4.23. The summed E-state index contributed by atoms with van der Waals surface area (Å²) in [5, 5.41) is 4.34. The van der Waals surface area contributed by atoms with Crippen molar-refractivity contribution >= 4 is 22.4 Å². The fourth-order valence-electron chi connectivity index (χ4n) is 3.61.